The molecule has 0 radical (unpaired) electrons. The zero-order valence-electron chi connectivity index (χ0n) is 19.9. The molecule has 1 aliphatic rings. The molecule has 1 saturated carbocycles. The largest absolute Gasteiger partial charge is 0.494 e. The summed E-state index contributed by atoms with van der Waals surface area (Å²) in [5, 5.41) is 28.5. The summed E-state index contributed by atoms with van der Waals surface area (Å²) < 4.78 is 21.7. The van der Waals surface area contributed by atoms with Crippen LogP contribution in [0.4, 0.5) is 4.39 Å². The summed E-state index contributed by atoms with van der Waals surface area (Å²) in [4.78, 5) is 11.8. The smallest absolute Gasteiger partial charge is 0.306 e. The highest BCUT2D eigenvalue weighted by Crippen LogP contribution is 2.49. The van der Waals surface area contributed by atoms with Crippen LogP contribution in [0.25, 0.3) is 27.5 Å². The van der Waals surface area contributed by atoms with Crippen LogP contribution in [0.2, 0.25) is 0 Å². The summed E-state index contributed by atoms with van der Waals surface area (Å²) in [6.45, 7) is 4.06. The second-order valence-electron chi connectivity index (χ2n) is 10.0. The van der Waals surface area contributed by atoms with E-state index in [0.717, 1.165) is 45.2 Å². The number of H-pyrrole nitrogens is 1. The second-order valence-corrected chi connectivity index (χ2v) is 10.0. The van der Waals surface area contributed by atoms with E-state index >= 15 is 0 Å². The quantitative estimate of drug-likeness (QED) is 0.367. The fourth-order valence-corrected chi connectivity index (χ4v) is 5.63. The van der Waals surface area contributed by atoms with Crippen molar-refractivity contribution >= 4 is 27.8 Å². The Bertz CT molecular complexity index is 1490. The Morgan fingerprint density at radius 2 is 2.14 bits per heavy atom. The van der Waals surface area contributed by atoms with Gasteiger partial charge < -0.3 is 14.4 Å². The highest BCUT2D eigenvalue weighted by Gasteiger charge is 2.38. The molecular weight excluding hydrogens is 447 g/mol. The number of hydrogen-bond donors (Lipinski definition) is 2. The number of carboxylic acid groups (broad SMARTS) is 1. The van der Waals surface area contributed by atoms with Crippen LogP contribution in [0.3, 0.4) is 0 Å². The standard InChI is InChI=1S/C27H27FN4O3/c1-27(2,8-9-29)25-24(15-4-5-16(10-15)26(33)34)19-13-21-17(14-30-31-21)11-22(19)32(25)18-6-7-20(28)23(12-18)35-3/h6-7,11-16H,4-5,8,10H2,1-3H3,(H,30,31)(H,33,34)/t15-,16-/m1/s1. The van der Waals surface area contributed by atoms with Gasteiger partial charge in [0.05, 0.1) is 36.3 Å². The number of benzene rings is 2. The number of nitrogens with one attached hydrogen (secondary N) is 1. The van der Waals surface area contributed by atoms with Gasteiger partial charge in [-0.15, -0.1) is 0 Å². The first-order valence-electron chi connectivity index (χ1n) is 11.7. The van der Waals surface area contributed by atoms with Crippen LogP contribution in [0.5, 0.6) is 5.75 Å². The van der Waals surface area contributed by atoms with Crippen molar-refractivity contribution in [3.8, 4) is 17.5 Å². The topological polar surface area (TPSA) is 104 Å². The van der Waals surface area contributed by atoms with Crippen molar-refractivity contribution < 1.29 is 19.0 Å². The van der Waals surface area contributed by atoms with Crippen LogP contribution in [0, 0.1) is 23.1 Å². The molecule has 0 unspecified atom stereocenters. The average Bonchev–Trinajstić information content (AvgIpc) is 3.54. The lowest BCUT2D eigenvalue weighted by molar-refractivity contribution is -0.141. The molecule has 2 heterocycles. The molecule has 2 N–H and O–H groups in total. The first kappa shape index (κ1) is 22.9. The van der Waals surface area contributed by atoms with Gasteiger partial charge in [-0.05, 0) is 55.0 Å². The third kappa shape index (κ3) is 3.72. The van der Waals surface area contributed by atoms with Gasteiger partial charge in [0, 0.05) is 40.1 Å². The molecule has 8 heteroatoms. The molecule has 2 aromatic carbocycles. The number of aliphatic carboxylic acids is 1. The average molecular weight is 475 g/mol. The van der Waals surface area contributed by atoms with Crippen LogP contribution < -0.4 is 4.74 Å². The van der Waals surface area contributed by atoms with E-state index in [1.54, 1.807) is 18.3 Å². The maximum Gasteiger partial charge on any atom is 0.306 e. The third-order valence-corrected chi connectivity index (χ3v) is 7.31. The van der Waals surface area contributed by atoms with Crippen LogP contribution in [0.1, 0.15) is 56.7 Å². The van der Waals surface area contributed by atoms with E-state index in [1.807, 2.05) is 19.9 Å². The molecule has 5 rings (SSSR count). The predicted octanol–water partition coefficient (Wildman–Crippen LogP) is 5.81. The molecule has 4 aromatic rings. The normalized spacial score (nSPS) is 18.3. The summed E-state index contributed by atoms with van der Waals surface area (Å²) in [5.41, 5.74) is 3.95. The number of fused-ring (bicyclic) bond motifs is 2. The number of halogens is 1. The Morgan fingerprint density at radius 1 is 1.34 bits per heavy atom. The van der Waals surface area contributed by atoms with Gasteiger partial charge >= 0.3 is 5.97 Å². The zero-order valence-corrected chi connectivity index (χ0v) is 19.9. The van der Waals surface area contributed by atoms with Crippen molar-refractivity contribution in [2.75, 3.05) is 7.11 Å². The molecule has 0 amide bonds. The Hall–Kier alpha value is -3.86. The fourth-order valence-electron chi connectivity index (χ4n) is 5.63. The Balaban J connectivity index is 1.89. The van der Waals surface area contributed by atoms with Gasteiger partial charge in [0.25, 0.3) is 0 Å². The summed E-state index contributed by atoms with van der Waals surface area (Å²) >= 11 is 0. The highest BCUT2D eigenvalue weighted by molar-refractivity contribution is 5.99. The van der Waals surface area contributed by atoms with Gasteiger partial charge in [0.15, 0.2) is 11.6 Å². The molecule has 7 nitrogen and oxygen atoms in total. The molecule has 180 valence electrons. The van der Waals surface area contributed by atoms with E-state index in [2.05, 4.69) is 26.9 Å². The number of nitriles is 1. The summed E-state index contributed by atoms with van der Waals surface area (Å²) in [7, 11) is 1.43. The monoisotopic (exact) mass is 474 g/mol. The number of methoxy groups -OCH3 is 1. The number of aromatic amines is 1. The molecule has 2 aromatic heterocycles. The molecule has 0 bridgehead atoms. The SMILES string of the molecule is COc1cc(-n2c(C(C)(C)CC#N)c([C@@H]3CC[C@@H](C(=O)O)C3)c3cc4[nH]ncc4cc32)ccc1F. The van der Waals surface area contributed by atoms with Crippen molar-refractivity contribution in [2.45, 2.75) is 50.9 Å². The second kappa shape index (κ2) is 8.42. The molecule has 2 atom stereocenters. The van der Waals surface area contributed by atoms with E-state index in [-0.39, 0.29) is 18.1 Å². The van der Waals surface area contributed by atoms with Gasteiger partial charge in [-0.2, -0.15) is 10.4 Å². The van der Waals surface area contributed by atoms with Gasteiger partial charge in [-0.3, -0.25) is 9.89 Å². The number of carbonyl (C=O) groups is 1. The molecular formula is C27H27FN4O3. The Kier molecular flexibility index (Phi) is 5.51. The highest BCUT2D eigenvalue weighted by atomic mass is 19.1. The minimum absolute atomic E-state index is 0.0236. The molecule has 1 aliphatic carbocycles. The van der Waals surface area contributed by atoms with Crippen molar-refractivity contribution in [1.82, 2.24) is 14.8 Å². The fraction of sp³-hybridized carbons (Fsp3) is 0.370. The molecule has 0 saturated heterocycles. The van der Waals surface area contributed by atoms with Gasteiger partial charge in [-0.25, -0.2) is 4.39 Å². The minimum Gasteiger partial charge on any atom is -0.494 e. The first-order chi connectivity index (χ1) is 16.7. The van der Waals surface area contributed by atoms with Crippen molar-refractivity contribution in [3.05, 3.63) is 53.6 Å². The van der Waals surface area contributed by atoms with Gasteiger partial charge in [-0.1, -0.05) is 13.8 Å². The van der Waals surface area contributed by atoms with E-state index in [4.69, 9.17) is 4.74 Å². The van der Waals surface area contributed by atoms with Gasteiger partial charge in [0.1, 0.15) is 0 Å². The molecule has 1 fully saturated rings. The maximum absolute atomic E-state index is 14.3. The number of aromatic nitrogens is 3. The van der Waals surface area contributed by atoms with E-state index in [1.165, 1.54) is 13.2 Å². The van der Waals surface area contributed by atoms with Crippen molar-refractivity contribution in [2.24, 2.45) is 5.92 Å². The van der Waals surface area contributed by atoms with Crippen molar-refractivity contribution in [3.63, 3.8) is 0 Å². The minimum atomic E-state index is -0.770. The van der Waals surface area contributed by atoms with Crippen molar-refractivity contribution in [1.29, 1.82) is 5.26 Å². The lowest BCUT2D eigenvalue weighted by Gasteiger charge is -2.28. The lowest BCUT2D eigenvalue weighted by Crippen LogP contribution is -2.23. The predicted molar refractivity (Wildman–Crippen MR) is 130 cm³/mol. The van der Waals surface area contributed by atoms with Gasteiger partial charge in [0.2, 0.25) is 0 Å². The Labute approximate surface area is 202 Å². The van der Waals surface area contributed by atoms with E-state index in [9.17, 15) is 19.6 Å². The van der Waals surface area contributed by atoms with Crippen LogP contribution in [-0.2, 0) is 10.2 Å². The number of nitrogens with zero attached hydrogens (tertiary/aromatic N) is 3. The summed E-state index contributed by atoms with van der Waals surface area (Å²) in [5.74, 6) is -1.47. The lowest BCUT2D eigenvalue weighted by atomic mass is 9.79. The van der Waals surface area contributed by atoms with Crippen LogP contribution in [0.15, 0.2) is 36.5 Å². The molecule has 0 spiro atoms. The number of ether oxygens (including phenoxy) is 1. The summed E-state index contributed by atoms with van der Waals surface area (Å²) in [6.07, 6.45) is 3.93. The third-order valence-electron chi connectivity index (χ3n) is 7.31. The van der Waals surface area contributed by atoms with Crippen LogP contribution >= 0.6 is 0 Å². The molecule has 0 aliphatic heterocycles. The summed E-state index contributed by atoms with van der Waals surface area (Å²) in [6, 6.07) is 11.2. The first-order valence-corrected chi connectivity index (χ1v) is 11.7. The number of rotatable bonds is 6. The molecule has 35 heavy (non-hydrogen) atoms. The van der Waals surface area contributed by atoms with E-state index in [0.29, 0.717) is 12.8 Å². The van der Waals surface area contributed by atoms with E-state index < -0.39 is 23.1 Å². The number of carboxylic acids is 1. The maximum atomic E-state index is 14.3. The number of hydrogen-bond acceptors (Lipinski definition) is 4. The zero-order chi connectivity index (χ0) is 24.9. The Morgan fingerprint density at radius 3 is 2.83 bits per heavy atom. The van der Waals surface area contributed by atoms with Crippen LogP contribution in [-0.4, -0.2) is 33.0 Å².